The van der Waals surface area contributed by atoms with Crippen molar-refractivity contribution < 1.29 is 15.3 Å². The van der Waals surface area contributed by atoms with E-state index >= 15 is 0 Å². The number of unbranched alkanes of at least 4 members (excludes halogenated alkanes) is 1. The Labute approximate surface area is 222 Å². The summed E-state index contributed by atoms with van der Waals surface area (Å²) in [7, 11) is -0.200. The fourth-order valence-corrected chi connectivity index (χ4v) is 4.18. The van der Waals surface area contributed by atoms with Crippen LogP contribution in [0, 0.1) is 27.7 Å². The molecule has 3 nitrogen and oxygen atoms in total. The molecule has 7 heteroatoms. The number of para-hydroxylation sites is 2. The number of aliphatic imine (C=N–C) groups is 2. The summed E-state index contributed by atoms with van der Waals surface area (Å²) in [5, 5.41) is 0. The van der Waals surface area contributed by atoms with Crippen LogP contribution in [0.4, 0.5) is 11.4 Å². The number of benzene rings is 2. The monoisotopic (exact) mass is 638 g/mol. The molecule has 0 amide bonds. The molecular formula is C26H38Br2N2NiOSi. The van der Waals surface area contributed by atoms with Crippen LogP contribution in [0.15, 0.2) is 46.4 Å². The third kappa shape index (κ3) is 11.6. The van der Waals surface area contributed by atoms with Crippen molar-refractivity contribution in [3.8, 4) is 0 Å². The molecule has 0 heterocycles. The molecule has 2 rings (SSSR count). The number of rotatable bonds is 9. The Morgan fingerprint density at radius 2 is 1.24 bits per heavy atom. The van der Waals surface area contributed by atoms with Crippen LogP contribution in [0.1, 0.15) is 48.4 Å². The van der Waals surface area contributed by atoms with E-state index in [0.29, 0.717) is 0 Å². The Kier molecular flexibility index (Phi) is 14.2. The van der Waals surface area contributed by atoms with Gasteiger partial charge in [0.2, 0.25) is 0 Å². The molecule has 0 aromatic heterocycles. The standard InChI is InChI=1S/C26H38N2OSi.2BrH.Ni/c1-19-13-11-14-20(2)25(19)27-23(5)24(17-9-10-18-29-30(6,7)8)28-26-21(3)15-12-16-22(26)4;;;/h11-16H,9-10,17-18H2,1-8H3;2*1H;/q;;;+2/p-2. The zero-order chi connectivity index (χ0) is 25.0. The van der Waals surface area contributed by atoms with Gasteiger partial charge in [-0.15, -0.1) is 0 Å². The van der Waals surface area contributed by atoms with Crippen LogP contribution in [0.5, 0.6) is 0 Å². The number of aryl methyl sites for hydroxylation is 4. The Bertz CT molecular complexity index is 915. The molecular weight excluding hydrogens is 603 g/mol. The van der Waals surface area contributed by atoms with E-state index in [1.54, 1.807) is 0 Å². The fraction of sp³-hybridized carbons (Fsp3) is 0.462. The molecule has 0 N–H and O–H groups in total. The van der Waals surface area contributed by atoms with Crippen molar-refractivity contribution in [3.05, 3.63) is 58.7 Å². The number of halogens is 2. The molecule has 2 aromatic carbocycles. The molecule has 0 saturated carbocycles. The topological polar surface area (TPSA) is 34.0 Å². The Morgan fingerprint density at radius 1 is 0.818 bits per heavy atom. The van der Waals surface area contributed by atoms with Gasteiger partial charge >= 0.3 is 39.3 Å². The molecule has 0 bridgehead atoms. The van der Waals surface area contributed by atoms with Crippen LogP contribution in [-0.2, 0) is 15.3 Å². The number of nitrogens with zero attached hydrogens (tertiary/aromatic N) is 2. The van der Waals surface area contributed by atoms with E-state index in [2.05, 4.69) is 119 Å². The molecule has 0 unspecified atom stereocenters. The van der Waals surface area contributed by atoms with Gasteiger partial charge in [-0.3, -0.25) is 9.98 Å². The maximum absolute atomic E-state index is 6.02. The van der Waals surface area contributed by atoms with Crippen LogP contribution in [0.3, 0.4) is 0 Å². The van der Waals surface area contributed by atoms with E-state index in [-0.39, 0.29) is 0 Å². The van der Waals surface area contributed by atoms with Crippen molar-refractivity contribution in [1.82, 2.24) is 0 Å². The summed E-state index contributed by atoms with van der Waals surface area (Å²) >= 11 is 6.00. The molecule has 0 spiro atoms. The third-order valence-corrected chi connectivity index (χ3v) is 6.24. The molecule has 33 heavy (non-hydrogen) atoms. The first-order valence-corrected chi connectivity index (χ1v) is 19.5. The van der Waals surface area contributed by atoms with Crippen molar-refractivity contribution in [2.24, 2.45) is 9.98 Å². The number of hydrogen-bond acceptors (Lipinski definition) is 3. The van der Waals surface area contributed by atoms with Gasteiger partial charge in [-0.25, -0.2) is 0 Å². The van der Waals surface area contributed by atoms with Gasteiger partial charge in [-0.2, -0.15) is 0 Å². The minimum absolute atomic E-state index is 0.833. The van der Waals surface area contributed by atoms with Crippen LogP contribution in [-0.4, -0.2) is 26.3 Å². The normalized spacial score (nSPS) is 12.5. The van der Waals surface area contributed by atoms with E-state index in [1.165, 1.54) is 33.2 Å². The fourth-order valence-electron chi connectivity index (χ4n) is 3.42. The summed E-state index contributed by atoms with van der Waals surface area (Å²) in [6.45, 7) is 18.1. The first-order chi connectivity index (χ1) is 15.5. The SMILES string of the molecule is CC(=Nc1c(C)cccc1C)C(CCCCO[Si](C)(C)C)=Nc1c(C)cccc1C.[Br][Ni][Br]. The summed E-state index contributed by atoms with van der Waals surface area (Å²) in [5.74, 6) is 0. The molecule has 2 aromatic rings. The van der Waals surface area contributed by atoms with E-state index in [4.69, 9.17) is 14.4 Å². The summed E-state index contributed by atoms with van der Waals surface area (Å²) in [4.78, 5) is 10.1. The van der Waals surface area contributed by atoms with Crippen molar-refractivity contribution in [2.75, 3.05) is 6.61 Å². The third-order valence-electron chi connectivity index (χ3n) is 5.17. The van der Waals surface area contributed by atoms with Gasteiger partial charge in [0.15, 0.2) is 8.32 Å². The van der Waals surface area contributed by atoms with Crippen LogP contribution >= 0.6 is 28.5 Å². The first-order valence-electron chi connectivity index (χ1n) is 11.2. The van der Waals surface area contributed by atoms with Gasteiger partial charge in [0.05, 0.1) is 22.8 Å². The van der Waals surface area contributed by atoms with Crippen molar-refractivity contribution in [1.29, 1.82) is 0 Å². The second kappa shape index (κ2) is 15.4. The zero-order valence-electron chi connectivity index (χ0n) is 21.2. The van der Waals surface area contributed by atoms with Crippen molar-refractivity contribution in [3.63, 3.8) is 0 Å². The summed E-state index contributed by atoms with van der Waals surface area (Å²) in [6, 6.07) is 12.7. The van der Waals surface area contributed by atoms with Gasteiger partial charge in [0.1, 0.15) is 0 Å². The first kappa shape index (κ1) is 30.4. The van der Waals surface area contributed by atoms with Gasteiger partial charge in [0.25, 0.3) is 0 Å². The van der Waals surface area contributed by atoms with E-state index < -0.39 is 8.32 Å². The summed E-state index contributed by atoms with van der Waals surface area (Å²) < 4.78 is 6.02. The second-order valence-corrected chi connectivity index (χ2v) is 18.7. The predicted molar refractivity (Wildman–Crippen MR) is 153 cm³/mol. The van der Waals surface area contributed by atoms with Crippen LogP contribution in [0.2, 0.25) is 19.6 Å². The maximum atomic E-state index is 6.02. The minimum atomic E-state index is -1.45. The van der Waals surface area contributed by atoms with Crippen molar-refractivity contribution >= 4 is 59.6 Å². The Hall–Kier alpha value is -0.590. The van der Waals surface area contributed by atoms with Gasteiger partial charge < -0.3 is 4.43 Å². The van der Waals surface area contributed by atoms with E-state index in [0.717, 1.165) is 48.7 Å². The van der Waals surface area contributed by atoms with Crippen LogP contribution in [0.25, 0.3) is 0 Å². The Balaban J connectivity index is 0.00000172. The molecule has 0 saturated heterocycles. The summed E-state index contributed by atoms with van der Waals surface area (Å²) in [6.07, 6.45) is 3.00. The zero-order valence-corrected chi connectivity index (χ0v) is 26.3. The molecule has 0 atom stereocenters. The Morgan fingerprint density at radius 3 is 1.67 bits per heavy atom. The van der Waals surface area contributed by atoms with Crippen molar-refractivity contribution in [2.45, 2.75) is 73.5 Å². The van der Waals surface area contributed by atoms with E-state index in [9.17, 15) is 0 Å². The predicted octanol–water partition coefficient (Wildman–Crippen LogP) is 9.50. The molecule has 0 aliphatic carbocycles. The van der Waals surface area contributed by atoms with E-state index in [1.807, 2.05) is 0 Å². The molecule has 0 radical (unpaired) electrons. The quantitative estimate of drug-likeness (QED) is 0.153. The molecule has 0 aliphatic rings. The molecule has 0 aliphatic heterocycles. The molecule has 0 fully saturated rings. The average molecular weight is 641 g/mol. The summed E-state index contributed by atoms with van der Waals surface area (Å²) in [5.41, 5.74) is 9.01. The number of hydrogen-bond donors (Lipinski definition) is 0. The van der Waals surface area contributed by atoms with Crippen LogP contribution < -0.4 is 0 Å². The van der Waals surface area contributed by atoms with Gasteiger partial charge in [0, 0.05) is 6.61 Å². The van der Waals surface area contributed by atoms with Gasteiger partial charge in [-0.1, -0.05) is 36.4 Å². The van der Waals surface area contributed by atoms with Gasteiger partial charge in [-0.05, 0) is 95.8 Å². The average Bonchev–Trinajstić information content (AvgIpc) is 2.71. The molecule has 186 valence electrons. The second-order valence-electron chi connectivity index (χ2n) is 9.20.